The molecule has 6 fully saturated rings. The van der Waals surface area contributed by atoms with Crippen LogP contribution in [0.2, 0.25) is 0 Å². The van der Waals surface area contributed by atoms with E-state index in [2.05, 4.69) is 20.9 Å². The van der Waals surface area contributed by atoms with Crippen LogP contribution in [-0.4, -0.2) is 49.8 Å². The van der Waals surface area contributed by atoms with Gasteiger partial charge in [-0.2, -0.15) is 0 Å². The van der Waals surface area contributed by atoms with E-state index >= 15 is 0 Å². The molecule has 1 aromatic rings. The van der Waals surface area contributed by atoms with Gasteiger partial charge in [-0.15, -0.1) is 0 Å². The smallest absolute Gasteiger partial charge is 0.319 e. The minimum atomic E-state index is -0.137. The minimum absolute atomic E-state index is 0.0319. The lowest BCUT2D eigenvalue weighted by atomic mass is 9.53. The molecule has 2 aliphatic heterocycles. The fourth-order valence-corrected chi connectivity index (χ4v) is 7.80. The van der Waals surface area contributed by atoms with Gasteiger partial charge >= 0.3 is 6.03 Å². The van der Waals surface area contributed by atoms with Gasteiger partial charge in [0.1, 0.15) is 0 Å². The average molecular weight is 467 g/mol. The molecular weight excluding hydrogens is 428 g/mol. The summed E-state index contributed by atoms with van der Waals surface area (Å²) in [6.45, 7) is 3.23. The number of nitrogens with zero attached hydrogens (tertiary/aromatic N) is 1. The maximum Gasteiger partial charge on any atom is 0.319 e. The molecule has 1 atom stereocenters. The third-order valence-corrected chi connectivity index (χ3v) is 8.88. The van der Waals surface area contributed by atoms with Crippen LogP contribution in [0, 0.1) is 17.8 Å². The number of carbonyl (C=O) groups is 2. The SMILES string of the molecule is O=C(Nc1ccc(N2CCCC2)c(C(=O)NCC2CCCO2)c1)NC12CC3CC(CC(C3)C1)C2. The Morgan fingerprint density at radius 2 is 1.71 bits per heavy atom. The zero-order valence-corrected chi connectivity index (χ0v) is 20.1. The predicted molar refractivity (Wildman–Crippen MR) is 132 cm³/mol. The first-order valence-electron chi connectivity index (χ1n) is 13.4. The van der Waals surface area contributed by atoms with E-state index in [9.17, 15) is 9.59 Å². The number of urea groups is 1. The van der Waals surface area contributed by atoms with Crippen LogP contribution in [-0.2, 0) is 4.74 Å². The summed E-state index contributed by atoms with van der Waals surface area (Å²) < 4.78 is 5.67. The lowest BCUT2D eigenvalue weighted by Crippen LogP contribution is -2.60. The van der Waals surface area contributed by atoms with Gasteiger partial charge in [-0.25, -0.2) is 4.79 Å². The molecule has 4 saturated carbocycles. The van der Waals surface area contributed by atoms with Crippen molar-refractivity contribution in [2.75, 3.05) is 36.5 Å². The van der Waals surface area contributed by atoms with Gasteiger partial charge in [-0.1, -0.05) is 0 Å². The second-order valence-electron chi connectivity index (χ2n) is 11.5. The zero-order valence-electron chi connectivity index (χ0n) is 20.1. The summed E-state index contributed by atoms with van der Waals surface area (Å²) in [5.74, 6) is 2.25. The van der Waals surface area contributed by atoms with Crippen LogP contribution >= 0.6 is 0 Å². The van der Waals surface area contributed by atoms with Crippen LogP contribution in [0.1, 0.15) is 74.6 Å². The third kappa shape index (κ3) is 4.51. The molecule has 4 aliphatic carbocycles. The van der Waals surface area contributed by atoms with Crippen LogP contribution in [0.4, 0.5) is 16.2 Å². The Labute approximate surface area is 202 Å². The van der Waals surface area contributed by atoms with Crippen LogP contribution in [0.5, 0.6) is 0 Å². The number of nitrogens with one attached hydrogen (secondary N) is 3. The summed E-state index contributed by atoms with van der Waals surface area (Å²) in [4.78, 5) is 28.5. The molecule has 3 N–H and O–H groups in total. The lowest BCUT2D eigenvalue weighted by molar-refractivity contribution is -0.0127. The first-order valence-corrected chi connectivity index (χ1v) is 13.4. The number of benzene rings is 1. The molecule has 7 rings (SSSR count). The van der Waals surface area contributed by atoms with E-state index in [1.807, 2.05) is 18.2 Å². The number of anilines is 2. The highest BCUT2D eigenvalue weighted by molar-refractivity contribution is 6.02. The molecule has 2 saturated heterocycles. The molecule has 0 radical (unpaired) electrons. The van der Waals surface area contributed by atoms with Crippen LogP contribution in [0.15, 0.2) is 18.2 Å². The zero-order chi connectivity index (χ0) is 23.1. The Morgan fingerprint density at radius 3 is 2.35 bits per heavy atom. The molecule has 1 unspecified atom stereocenters. The second-order valence-corrected chi connectivity index (χ2v) is 11.5. The molecule has 2 heterocycles. The van der Waals surface area contributed by atoms with E-state index < -0.39 is 0 Å². The number of rotatable bonds is 6. The standard InChI is InChI=1S/C27H38N4O3/c32-25(28-17-22-4-3-9-34-22)23-13-21(5-6-24(23)31-7-1-2-8-31)29-26(33)30-27-14-18-10-19(15-27)12-20(11-18)16-27/h5-6,13,18-20,22H,1-4,7-12,14-17H2,(H,28,32)(H2,29,30,33). The minimum Gasteiger partial charge on any atom is -0.376 e. The molecule has 0 spiro atoms. The first-order chi connectivity index (χ1) is 16.6. The van der Waals surface area contributed by atoms with E-state index in [0.29, 0.717) is 17.8 Å². The van der Waals surface area contributed by atoms with Gasteiger partial charge in [0.2, 0.25) is 0 Å². The molecular formula is C27H38N4O3. The fourth-order valence-electron chi connectivity index (χ4n) is 7.80. The number of carbonyl (C=O) groups excluding carboxylic acids is 2. The summed E-state index contributed by atoms with van der Waals surface area (Å²) in [6.07, 6.45) is 11.9. The number of hydrogen-bond donors (Lipinski definition) is 3. The summed E-state index contributed by atoms with van der Waals surface area (Å²) in [5, 5.41) is 9.50. The van der Waals surface area contributed by atoms with E-state index in [4.69, 9.17) is 4.74 Å². The van der Waals surface area contributed by atoms with Gasteiger partial charge in [0.15, 0.2) is 0 Å². The van der Waals surface area contributed by atoms with E-state index in [0.717, 1.165) is 88.1 Å². The first kappa shape index (κ1) is 22.2. The highest BCUT2D eigenvalue weighted by Gasteiger charge is 2.51. The van der Waals surface area contributed by atoms with E-state index in [1.165, 1.54) is 19.3 Å². The van der Waals surface area contributed by atoms with Crippen molar-refractivity contribution >= 4 is 23.3 Å². The predicted octanol–water partition coefficient (Wildman–Crippen LogP) is 4.29. The number of amides is 3. The van der Waals surface area contributed by atoms with Crippen molar-refractivity contribution in [2.45, 2.75) is 75.9 Å². The Hall–Kier alpha value is -2.28. The third-order valence-electron chi connectivity index (χ3n) is 8.88. The fraction of sp³-hybridized carbons (Fsp3) is 0.704. The molecule has 7 heteroatoms. The Bertz CT molecular complexity index is 901. The summed E-state index contributed by atoms with van der Waals surface area (Å²) >= 11 is 0. The van der Waals surface area contributed by atoms with Crippen molar-refractivity contribution in [2.24, 2.45) is 17.8 Å². The number of hydrogen-bond acceptors (Lipinski definition) is 4. The van der Waals surface area contributed by atoms with Crippen molar-refractivity contribution in [3.05, 3.63) is 23.8 Å². The Kier molecular flexibility index (Phi) is 5.92. The quantitative estimate of drug-likeness (QED) is 0.584. The van der Waals surface area contributed by atoms with Gasteiger partial charge in [-0.05, 0) is 100 Å². The average Bonchev–Trinajstić information content (AvgIpc) is 3.50. The normalized spacial score (nSPS) is 33.8. The second kappa shape index (κ2) is 9.06. The van der Waals surface area contributed by atoms with E-state index in [1.54, 1.807) is 0 Å². The summed E-state index contributed by atoms with van der Waals surface area (Å²) in [5.41, 5.74) is 2.23. The van der Waals surface area contributed by atoms with Gasteiger partial charge in [0.25, 0.3) is 5.91 Å². The van der Waals surface area contributed by atoms with Crippen molar-refractivity contribution in [3.63, 3.8) is 0 Å². The van der Waals surface area contributed by atoms with Crippen LogP contribution < -0.4 is 20.9 Å². The highest BCUT2D eigenvalue weighted by atomic mass is 16.5. The molecule has 184 valence electrons. The largest absolute Gasteiger partial charge is 0.376 e. The van der Waals surface area contributed by atoms with Crippen LogP contribution in [0.25, 0.3) is 0 Å². The maximum absolute atomic E-state index is 13.2. The van der Waals surface area contributed by atoms with Crippen molar-refractivity contribution in [3.8, 4) is 0 Å². The molecule has 1 aromatic carbocycles. The van der Waals surface area contributed by atoms with Crippen molar-refractivity contribution in [1.29, 1.82) is 0 Å². The molecule has 6 aliphatic rings. The lowest BCUT2D eigenvalue weighted by Gasteiger charge is -2.56. The topological polar surface area (TPSA) is 82.7 Å². The molecule has 7 nitrogen and oxygen atoms in total. The van der Waals surface area contributed by atoms with Gasteiger partial charge < -0.3 is 25.6 Å². The number of ether oxygens (including phenoxy) is 1. The molecule has 34 heavy (non-hydrogen) atoms. The monoisotopic (exact) mass is 466 g/mol. The highest BCUT2D eigenvalue weighted by Crippen LogP contribution is 2.55. The Morgan fingerprint density at radius 1 is 1.00 bits per heavy atom. The molecule has 4 bridgehead atoms. The van der Waals surface area contributed by atoms with E-state index in [-0.39, 0.29) is 23.6 Å². The van der Waals surface area contributed by atoms with Crippen LogP contribution in [0.3, 0.4) is 0 Å². The maximum atomic E-state index is 13.2. The van der Waals surface area contributed by atoms with Crippen molar-refractivity contribution in [1.82, 2.24) is 10.6 Å². The summed E-state index contributed by atoms with van der Waals surface area (Å²) in [6, 6.07) is 5.63. The van der Waals surface area contributed by atoms with Gasteiger partial charge in [0.05, 0.1) is 11.7 Å². The molecule has 3 amide bonds. The summed E-state index contributed by atoms with van der Waals surface area (Å²) in [7, 11) is 0. The Balaban J connectivity index is 1.15. The van der Waals surface area contributed by atoms with Crippen molar-refractivity contribution < 1.29 is 14.3 Å². The van der Waals surface area contributed by atoms with Gasteiger partial charge in [0, 0.05) is 43.2 Å². The molecule has 0 aromatic heterocycles. The van der Waals surface area contributed by atoms with Gasteiger partial charge in [-0.3, -0.25) is 4.79 Å².